The molecule has 0 aliphatic carbocycles. The Morgan fingerprint density at radius 1 is 1.53 bits per heavy atom. The molecule has 0 saturated carbocycles. The highest BCUT2D eigenvalue weighted by atomic mass is 16.4. The zero-order chi connectivity index (χ0) is 13.0. The summed E-state index contributed by atoms with van der Waals surface area (Å²) in [6.07, 6.45) is -0.117. The third-order valence-electron chi connectivity index (χ3n) is 2.31. The standard InChI is InChI=1S/C9H14N4O4/c1-3-13(5(2)4-6(14)15)7-8(16)10-9(17)12-11-7/h5H,3-4H2,1-2H3,(H,14,15)(H2,10,12,16,17). The van der Waals surface area contributed by atoms with E-state index in [1.165, 1.54) is 4.90 Å². The molecular weight excluding hydrogens is 228 g/mol. The molecule has 17 heavy (non-hydrogen) atoms. The van der Waals surface area contributed by atoms with Crippen LogP contribution in [0.5, 0.6) is 0 Å². The summed E-state index contributed by atoms with van der Waals surface area (Å²) >= 11 is 0. The number of aliphatic carboxylic acids is 1. The third kappa shape index (κ3) is 3.16. The topological polar surface area (TPSA) is 119 Å². The average Bonchev–Trinajstić information content (AvgIpc) is 2.21. The normalized spacial score (nSPS) is 12.1. The smallest absolute Gasteiger partial charge is 0.342 e. The maximum atomic E-state index is 11.5. The van der Waals surface area contributed by atoms with E-state index in [9.17, 15) is 14.4 Å². The van der Waals surface area contributed by atoms with Gasteiger partial charge in [0.15, 0.2) is 0 Å². The lowest BCUT2D eigenvalue weighted by atomic mass is 10.2. The van der Waals surface area contributed by atoms with Crippen LogP contribution >= 0.6 is 0 Å². The minimum absolute atomic E-state index is 0.0147. The van der Waals surface area contributed by atoms with E-state index in [0.717, 1.165) is 0 Å². The average molecular weight is 242 g/mol. The van der Waals surface area contributed by atoms with Gasteiger partial charge in [0, 0.05) is 12.6 Å². The van der Waals surface area contributed by atoms with Gasteiger partial charge in [-0.3, -0.25) is 14.6 Å². The van der Waals surface area contributed by atoms with Crippen LogP contribution in [-0.2, 0) is 4.79 Å². The first-order valence-electron chi connectivity index (χ1n) is 5.13. The zero-order valence-corrected chi connectivity index (χ0v) is 9.56. The van der Waals surface area contributed by atoms with Crippen LogP contribution < -0.4 is 16.1 Å². The quantitative estimate of drug-likeness (QED) is 0.618. The van der Waals surface area contributed by atoms with Crippen LogP contribution in [0.4, 0.5) is 5.82 Å². The van der Waals surface area contributed by atoms with Crippen LogP contribution in [0.25, 0.3) is 0 Å². The first kappa shape index (κ1) is 12.9. The molecule has 0 aromatic carbocycles. The van der Waals surface area contributed by atoms with Crippen LogP contribution in [-0.4, -0.2) is 38.8 Å². The van der Waals surface area contributed by atoms with E-state index in [1.54, 1.807) is 13.8 Å². The lowest BCUT2D eigenvalue weighted by Gasteiger charge is -2.26. The summed E-state index contributed by atoms with van der Waals surface area (Å²) in [5.74, 6) is -0.947. The van der Waals surface area contributed by atoms with Gasteiger partial charge in [-0.1, -0.05) is 0 Å². The summed E-state index contributed by atoms with van der Waals surface area (Å²) in [4.78, 5) is 36.5. The van der Waals surface area contributed by atoms with Gasteiger partial charge in [0.1, 0.15) is 0 Å². The summed E-state index contributed by atoms with van der Waals surface area (Å²) in [6, 6.07) is -0.392. The predicted molar refractivity (Wildman–Crippen MR) is 60.2 cm³/mol. The van der Waals surface area contributed by atoms with Crippen LogP contribution in [0.1, 0.15) is 20.3 Å². The first-order valence-corrected chi connectivity index (χ1v) is 5.13. The third-order valence-corrected chi connectivity index (χ3v) is 2.31. The van der Waals surface area contributed by atoms with E-state index in [0.29, 0.717) is 6.54 Å². The van der Waals surface area contributed by atoms with Crippen molar-refractivity contribution in [1.29, 1.82) is 0 Å². The second-order valence-electron chi connectivity index (χ2n) is 3.56. The zero-order valence-electron chi connectivity index (χ0n) is 9.56. The molecule has 1 heterocycles. The first-order chi connectivity index (χ1) is 7.95. The largest absolute Gasteiger partial charge is 0.481 e. The Bertz CT molecular complexity index is 506. The van der Waals surface area contributed by atoms with Crippen molar-refractivity contribution in [3.05, 3.63) is 20.8 Å². The van der Waals surface area contributed by atoms with Gasteiger partial charge in [-0.05, 0) is 13.8 Å². The fourth-order valence-electron chi connectivity index (χ4n) is 1.57. The summed E-state index contributed by atoms with van der Waals surface area (Å²) in [7, 11) is 0. The SMILES string of the molecule is CCN(c1n[nH]c(=O)[nH]c1=O)C(C)CC(=O)O. The van der Waals surface area contributed by atoms with Crippen molar-refractivity contribution in [3.8, 4) is 0 Å². The Balaban J connectivity index is 3.05. The van der Waals surface area contributed by atoms with Crippen LogP contribution in [0.3, 0.4) is 0 Å². The Kier molecular flexibility index (Phi) is 4.02. The van der Waals surface area contributed by atoms with E-state index in [1.807, 2.05) is 4.98 Å². The molecule has 8 heteroatoms. The van der Waals surface area contributed by atoms with Crippen molar-refractivity contribution < 1.29 is 9.90 Å². The number of rotatable bonds is 5. The van der Waals surface area contributed by atoms with Gasteiger partial charge >= 0.3 is 11.7 Å². The molecule has 0 bridgehead atoms. The van der Waals surface area contributed by atoms with Crippen molar-refractivity contribution in [2.45, 2.75) is 26.3 Å². The Hall–Kier alpha value is -2.12. The van der Waals surface area contributed by atoms with Crippen LogP contribution in [0, 0.1) is 0 Å². The lowest BCUT2D eigenvalue weighted by molar-refractivity contribution is -0.137. The monoisotopic (exact) mass is 242 g/mol. The van der Waals surface area contributed by atoms with Crippen molar-refractivity contribution in [2.75, 3.05) is 11.4 Å². The van der Waals surface area contributed by atoms with E-state index in [-0.39, 0.29) is 12.2 Å². The molecule has 0 amide bonds. The van der Waals surface area contributed by atoms with E-state index < -0.39 is 23.3 Å². The second kappa shape index (κ2) is 5.28. The molecule has 1 unspecified atom stereocenters. The molecule has 0 saturated heterocycles. The molecule has 1 rings (SSSR count). The van der Waals surface area contributed by atoms with Crippen molar-refractivity contribution in [1.82, 2.24) is 15.2 Å². The number of hydrogen-bond acceptors (Lipinski definition) is 5. The second-order valence-corrected chi connectivity index (χ2v) is 3.56. The summed E-state index contributed by atoms with van der Waals surface area (Å²) in [5.41, 5.74) is -1.33. The number of carbonyl (C=O) groups is 1. The summed E-state index contributed by atoms with van der Waals surface area (Å²) in [6.45, 7) is 3.85. The number of anilines is 1. The lowest BCUT2D eigenvalue weighted by Crippen LogP contribution is -2.40. The maximum absolute atomic E-state index is 11.5. The van der Waals surface area contributed by atoms with Gasteiger partial charge < -0.3 is 10.0 Å². The molecule has 0 aliphatic rings. The van der Waals surface area contributed by atoms with Gasteiger partial charge in [0.25, 0.3) is 5.56 Å². The predicted octanol–water partition coefficient (Wildman–Crippen LogP) is -0.852. The van der Waals surface area contributed by atoms with Crippen LogP contribution in [0.2, 0.25) is 0 Å². The number of nitrogens with one attached hydrogen (secondary N) is 2. The molecular formula is C9H14N4O4. The molecule has 1 aromatic rings. The molecule has 8 nitrogen and oxygen atoms in total. The van der Waals surface area contributed by atoms with Crippen molar-refractivity contribution >= 4 is 11.8 Å². The molecule has 3 N–H and O–H groups in total. The molecule has 1 atom stereocenters. The number of carboxylic acids is 1. The van der Waals surface area contributed by atoms with Gasteiger partial charge in [-0.25, -0.2) is 9.89 Å². The van der Waals surface area contributed by atoms with Gasteiger partial charge in [-0.15, -0.1) is 5.10 Å². The highest BCUT2D eigenvalue weighted by Crippen LogP contribution is 2.09. The molecule has 0 aliphatic heterocycles. The Morgan fingerprint density at radius 2 is 2.18 bits per heavy atom. The fraction of sp³-hybridized carbons (Fsp3) is 0.556. The molecule has 0 spiro atoms. The number of H-pyrrole nitrogens is 2. The van der Waals surface area contributed by atoms with Crippen LogP contribution in [0.15, 0.2) is 9.59 Å². The summed E-state index contributed by atoms with van der Waals surface area (Å²) in [5, 5.41) is 14.4. The van der Waals surface area contributed by atoms with E-state index in [4.69, 9.17) is 5.11 Å². The molecule has 0 radical (unpaired) electrons. The molecule has 94 valence electrons. The van der Waals surface area contributed by atoms with Crippen molar-refractivity contribution in [3.63, 3.8) is 0 Å². The number of aromatic amines is 2. The van der Waals surface area contributed by atoms with Gasteiger partial charge in [0.05, 0.1) is 6.42 Å². The Morgan fingerprint density at radius 3 is 2.65 bits per heavy atom. The Labute approximate surface area is 96.3 Å². The number of nitrogens with zero attached hydrogens (tertiary/aromatic N) is 2. The minimum Gasteiger partial charge on any atom is -0.481 e. The number of aromatic nitrogens is 3. The van der Waals surface area contributed by atoms with Crippen molar-refractivity contribution in [2.24, 2.45) is 0 Å². The molecule has 0 fully saturated rings. The number of hydrogen-bond donors (Lipinski definition) is 3. The van der Waals surface area contributed by atoms with Gasteiger partial charge in [0.2, 0.25) is 5.82 Å². The minimum atomic E-state index is -0.961. The maximum Gasteiger partial charge on any atom is 0.342 e. The molecule has 1 aromatic heterocycles. The highest BCUT2D eigenvalue weighted by molar-refractivity contribution is 5.68. The van der Waals surface area contributed by atoms with Gasteiger partial charge in [-0.2, -0.15) is 0 Å². The van der Waals surface area contributed by atoms with E-state index in [2.05, 4.69) is 10.2 Å². The number of carboxylic acid groups (broad SMARTS) is 1. The summed E-state index contributed by atoms with van der Waals surface area (Å²) < 4.78 is 0. The van der Waals surface area contributed by atoms with E-state index >= 15 is 0 Å². The fourth-order valence-corrected chi connectivity index (χ4v) is 1.57. The highest BCUT2D eigenvalue weighted by Gasteiger charge is 2.19.